The van der Waals surface area contributed by atoms with Gasteiger partial charge in [-0.3, -0.25) is 4.79 Å². The molecule has 0 aliphatic carbocycles. The van der Waals surface area contributed by atoms with Gasteiger partial charge in [-0.1, -0.05) is 42.5 Å². The number of ether oxygens (including phenoxy) is 1. The molecule has 4 N–H and O–H groups in total. The molecule has 166 valence electrons. The highest BCUT2D eigenvalue weighted by Gasteiger charge is 2.40. The molecule has 9 nitrogen and oxygen atoms in total. The quantitative estimate of drug-likeness (QED) is 0.540. The fourth-order valence-corrected chi connectivity index (χ4v) is 5.31. The maximum Gasteiger partial charge on any atom is 0.307 e. The van der Waals surface area contributed by atoms with Crippen LogP contribution in [0, 0.1) is 0 Å². The Kier molecular flexibility index (Phi) is 5.81. The number of rotatable bonds is 6. The molecule has 0 fully saturated rings. The number of nitrogens with two attached hydrogens (primary N) is 2. The molecule has 4 rings (SSSR count). The Bertz CT molecular complexity index is 1230. The Hall–Kier alpha value is -3.50. The van der Waals surface area contributed by atoms with Crippen molar-refractivity contribution in [1.29, 1.82) is 0 Å². The molecule has 0 spiro atoms. The third-order valence-corrected chi connectivity index (χ3v) is 7.31. The van der Waals surface area contributed by atoms with E-state index in [2.05, 4.69) is 14.7 Å². The normalized spacial score (nSPS) is 16.4. The van der Waals surface area contributed by atoms with Crippen LogP contribution in [0.3, 0.4) is 0 Å². The second kappa shape index (κ2) is 8.56. The van der Waals surface area contributed by atoms with Crippen LogP contribution in [0.15, 0.2) is 65.8 Å². The van der Waals surface area contributed by atoms with E-state index in [1.165, 1.54) is 17.7 Å². The van der Waals surface area contributed by atoms with Crippen molar-refractivity contribution >= 4 is 27.6 Å². The van der Waals surface area contributed by atoms with Crippen molar-refractivity contribution in [3.8, 4) is 0 Å². The van der Waals surface area contributed by atoms with Gasteiger partial charge in [0, 0.05) is 24.1 Å². The van der Waals surface area contributed by atoms with Crippen LogP contribution >= 0.6 is 0 Å². The zero-order chi connectivity index (χ0) is 22.9. The van der Waals surface area contributed by atoms with Crippen LogP contribution in [-0.4, -0.2) is 38.0 Å². The Morgan fingerprint density at radius 1 is 1.16 bits per heavy atom. The lowest BCUT2D eigenvalue weighted by Crippen LogP contribution is -2.30. The number of fused-ring (bicyclic) bond motifs is 1. The van der Waals surface area contributed by atoms with Crippen molar-refractivity contribution in [3.63, 3.8) is 0 Å². The number of benzene rings is 2. The second-order valence-electron chi connectivity index (χ2n) is 7.45. The summed E-state index contributed by atoms with van der Waals surface area (Å²) in [5.74, 6) is -0.233. The molecule has 10 heteroatoms. The van der Waals surface area contributed by atoms with Gasteiger partial charge in [-0.2, -0.15) is 0 Å². The molecule has 0 radical (unpaired) electrons. The molecule has 32 heavy (non-hydrogen) atoms. The number of hydrogen-bond donors (Lipinski definition) is 2. The van der Waals surface area contributed by atoms with E-state index in [9.17, 15) is 13.2 Å². The van der Waals surface area contributed by atoms with E-state index in [1.54, 1.807) is 30.3 Å². The minimum absolute atomic E-state index is 0.0615. The molecular weight excluding hydrogens is 430 g/mol. The topological polar surface area (TPSA) is 142 Å². The van der Waals surface area contributed by atoms with Crippen molar-refractivity contribution in [1.82, 2.24) is 9.97 Å². The number of nitrogens with zero attached hydrogens (tertiary/aromatic N) is 3. The lowest BCUT2D eigenvalue weighted by atomic mass is 9.92. The summed E-state index contributed by atoms with van der Waals surface area (Å²) in [5, 5.41) is 0. The molecule has 1 aliphatic heterocycles. The van der Waals surface area contributed by atoms with Crippen LogP contribution in [0.2, 0.25) is 0 Å². The summed E-state index contributed by atoms with van der Waals surface area (Å²) in [7, 11) is -2.51. The zero-order valence-electron chi connectivity index (χ0n) is 17.4. The van der Waals surface area contributed by atoms with E-state index in [4.69, 9.17) is 11.5 Å². The van der Waals surface area contributed by atoms with Gasteiger partial charge >= 0.3 is 5.97 Å². The highest BCUT2D eigenvalue weighted by atomic mass is 32.2. The average Bonchev–Trinajstić information content (AvgIpc) is 3.21. The summed E-state index contributed by atoms with van der Waals surface area (Å²) < 4.78 is 32.6. The van der Waals surface area contributed by atoms with Crippen LogP contribution < -0.4 is 15.8 Å². The third kappa shape index (κ3) is 3.90. The Morgan fingerprint density at radius 2 is 1.84 bits per heavy atom. The second-order valence-corrected chi connectivity index (χ2v) is 9.31. The Balaban J connectivity index is 1.69. The fraction of sp³-hybridized carbons (Fsp3) is 0.227. The number of aromatic nitrogens is 2. The third-order valence-electron chi connectivity index (χ3n) is 5.54. The van der Waals surface area contributed by atoms with Crippen molar-refractivity contribution in [2.24, 2.45) is 5.73 Å². The Labute approximate surface area is 186 Å². The van der Waals surface area contributed by atoms with Gasteiger partial charge in [-0.15, -0.1) is 0 Å². The largest absolute Gasteiger partial charge is 0.469 e. The molecule has 2 aromatic carbocycles. The van der Waals surface area contributed by atoms with Crippen LogP contribution in [-0.2, 0) is 19.6 Å². The number of anilines is 2. The number of hydrogen-bond acceptors (Lipinski definition) is 8. The van der Waals surface area contributed by atoms with Gasteiger partial charge in [0.2, 0.25) is 0 Å². The number of carbonyl (C=O) groups excluding carboxylic acids is 1. The molecule has 0 saturated carbocycles. The summed E-state index contributed by atoms with van der Waals surface area (Å²) >= 11 is 0. The molecule has 2 atom stereocenters. The highest BCUT2D eigenvalue weighted by molar-refractivity contribution is 7.92. The summed E-state index contributed by atoms with van der Waals surface area (Å²) in [5.41, 5.74) is 14.4. The monoisotopic (exact) mass is 453 g/mol. The highest BCUT2D eigenvalue weighted by Crippen LogP contribution is 2.43. The van der Waals surface area contributed by atoms with Gasteiger partial charge in [0.05, 0.1) is 18.4 Å². The number of methoxy groups -OCH3 is 1. The number of carbonyl (C=O) groups is 1. The minimum atomic E-state index is -3.83. The molecule has 0 saturated heterocycles. The standard InChI is InChI=1S/C22H23N5O4S/c1-31-19(28)11-18(23)15-9-7-14(8-10-15)17-12-27(22-20(17)21(24)25-13-26-22)32(29,30)16-5-3-2-4-6-16/h2-10,13,17-18H,11-12,23H2,1H3,(H2,24,25,26)/t17?,18-/m1/s1. The minimum Gasteiger partial charge on any atom is -0.469 e. The van der Waals surface area contributed by atoms with E-state index < -0.39 is 22.0 Å². The first-order valence-electron chi connectivity index (χ1n) is 9.93. The molecule has 1 aromatic heterocycles. The van der Waals surface area contributed by atoms with Gasteiger partial charge in [0.15, 0.2) is 5.82 Å². The summed E-state index contributed by atoms with van der Waals surface area (Å²) in [6.45, 7) is 0.142. The van der Waals surface area contributed by atoms with E-state index >= 15 is 0 Å². The lowest BCUT2D eigenvalue weighted by Gasteiger charge is -2.19. The van der Waals surface area contributed by atoms with E-state index in [-0.39, 0.29) is 35.4 Å². The van der Waals surface area contributed by atoms with Crippen LogP contribution in [0.1, 0.15) is 35.1 Å². The number of nitrogen functional groups attached to an aromatic ring is 1. The maximum absolute atomic E-state index is 13.3. The summed E-state index contributed by atoms with van der Waals surface area (Å²) in [6.07, 6.45) is 1.32. The van der Waals surface area contributed by atoms with Gasteiger partial charge in [-0.25, -0.2) is 22.7 Å². The van der Waals surface area contributed by atoms with Gasteiger partial charge < -0.3 is 16.2 Å². The smallest absolute Gasteiger partial charge is 0.307 e. The predicted molar refractivity (Wildman–Crippen MR) is 119 cm³/mol. The number of esters is 1. The van der Waals surface area contributed by atoms with Crippen molar-refractivity contribution in [2.45, 2.75) is 23.3 Å². The molecular formula is C22H23N5O4S. The Morgan fingerprint density at radius 3 is 2.50 bits per heavy atom. The van der Waals surface area contributed by atoms with Crippen LogP contribution in [0.4, 0.5) is 11.6 Å². The van der Waals surface area contributed by atoms with Crippen LogP contribution in [0.5, 0.6) is 0 Å². The first-order valence-corrected chi connectivity index (χ1v) is 11.4. The van der Waals surface area contributed by atoms with E-state index in [0.717, 1.165) is 11.1 Å². The fourth-order valence-electron chi connectivity index (χ4n) is 3.84. The first kappa shape index (κ1) is 21.7. The van der Waals surface area contributed by atoms with Crippen molar-refractivity contribution < 1.29 is 17.9 Å². The van der Waals surface area contributed by atoms with Crippen LogP contribution in [0.25, 0.3) is 0 Å². The maximum atomic E-state index is 13.3. The molecule has 3 aromatic rings. The molecule has 0 amide bonds. The van der Waals surface area contributed by atoms with Gasteiger partial charge in [0.1, 0.15) is 12.1 Å². The average molecular weight is 454 g/mol. The SMILES string of the molecule is COC(=O)C[C@@H](N)c1ccc(C2CN(S(=O)(=O)c3ccccc3)c3ncnc(N)c32)cc1. The summed E-state index contributed by atoms with van der Waals surface area (Å²) in [6, 6.07) is 15.0. The van der Waals surface area contributed by atoms with Crippen molar-refractivity contribution in [2.75, 3.05) is 23.7 Å². The molecule has 1 unspecified atom stereocenters. The lowest BCUT2D eigenvalue weighted by molar-refractivity contribution is -0.141. The molecule has 1 aliphatic rings. The van der Waals surface area contributed by atoms with Crippen molar-refractivity contribution in [3.05, 3.63) is 77.6 Å². The first-order chi connectivity index (χ1) is 15.3. The van der Waals surface area contributed by atoms with E-state index in [1.807, 2.05) is 24.3 Å². The van der Waals surface area contributed by atoms with E-state index in [0.29, 0.717) is 5.56 Å². The van der Waals surface area contributed by atoms with Gasteiger partial charge in [-0.05, 0) is 23.3 Å². The predicted octanol–water partition coefficient (Wildman–Crippen LogP) is 1.96. The molecule has 0 bridgehead atoms. The zero-order valence-corrected chi connectivity index (χ0v) is 18.2. The summed E-state index contributed by atoms with van der Waals surface area (Å²) in [4.78, 5) is 20.0. The van der Waals surface area contributed by atoms with Gasteiger partial charge in [0.25, 0.3) is 10.0 Å². The molecule has 2 heterocycles. The number of sulfonamides is 1.